The second kappa shape index (κ2) is 4.68. The Morgan fingerprint density at radius 2 is 1.90 bits per heavy atom. The van der Waals surface area contributed by atoms with Gasteiger partial charge in [0.1, 0.15) is 4.90 Å². The molecule has 0 aromatic heterocycles. The molecular weight excluding hydrogens is 296 g/mol. The third-order valence-electron chi connectivity index (χ3n) is 3.38. The van der Waals surface area contributed by atoms with Gasteiger partial charge in [0, 0.05) is 11.6 Å². The van der Waals surface area contributed by atoms with E-state index in [1.54, 1.807) is 0 Å². The minimum atomic E-state index is -3.65. The molecule has 0 amide bonds. The number of fused-ring (bicyclic) bond motifs is 1. The molecule has 6 heteroatoms. The summed E-state index contributed by atoms with van der Waals surface area (Å²) in [6.07, 6.45) is 0.711. The van der Waals surface area contributed by atoms with Gasteiger partial charge in [0.15, 0.2) is 0 Å². The molecule has 0 saturated carbocycles. The first-order valence-corrected chi connectivity index (χ1v) is 7.97. The second-order valence-corrected chi connectivity index (χ2v) is 6.91. The first-order chi connectivity index (χ1) is 9.50. The Morgan fingerprint density at radius 3 is 2.65 bits per heavy atom. The quantitative estimate of drug-likeness (QED) is 0.868. The number of sulfonamides is 1. The monoisotopic (exact) mass is 308 g/mol. The molecule has 0 fully saturated rings. The molecule has 1 aliphatic rings. The highest BCUT2D eigenvalue weighted by molar-refractivity contribution is 7.93. The maximum atomic E-state index is 12.7. The van der Waals surface area contributed by atoms with Gasteiger partial charge in [-0.05, 0) is 36.2 Å². The molecule has 3 rings (SSSR count). The van der Waals surface area contributed by atoms with Crippen LogP contribution in [0.15, 0.2) is 47.4 Å². The lowest BCUT2D eigenvalue weighted by atomic mass is 10.2. The van der Waals surface area contributed by atoms with Crippen molar-refractivity contribution in [2.24, 2.45) is 0 Å². The highest BCUT2D eigenvalue weighted by Crippen LogP contribution is 2.34. The molecule has 20 heavy (non-hydrogen) atoms. The van der Waals surface area contributed by atoms with E-state index in [4.69, 9.17) is 17.3 Å². The van der Waals surface area contributed by atoms with Gasteiger partial charge >= 0.3 is 0 Å². The summed E-state index contributed by atoms with van der Waals surface area (Å²) in [5.41, 5.74) is 7.73. The van der Waals surface area contributed by atoms with E-state index in [9.17, 15) is 8.42 Å². The number of nitrogens with zero attached hydrogens (tertiary/aromatic N) is 1. The summed E-state index contributed by atoms with van der Waals surface area (Å²) >= 11 is 5.82. The highest BCUT2D eigenvalue weighted by Gasteiger charge is 2.31. The summed E-state index contributed by atoms with van der Waals surface area (Å²) in [6, 6.07) is 11.9. The number of hydrogen-bond acceptors (Lipinski definition) is 3. The summed E-state index contributed by atoms with van der Waals surface area (Å²) in [7, 11) is -3.65. The zero-order valence-corrected chi connectivity index (χ0v) is 12.2. The van der Waals surface area contributed by atoms with E-state index < -0.39 is 10.0 Å². The Kier molecular flexibility index (Phi) is 3.11. The molecule has 0 spiro atoms. The first kappa shape index (κ1) is 13.3. The van der Waals surface area contributed by atoms with Crippen LogP contribution in [0, 0.1) is 0 Å². The zero-order valence-electron chi connectivity index (χ0n) is 10.6. The fourth-order valence-electron chi connectivity index (χ4n) is 2.43. The molecule has 0 atom stereocenters. The van der Waals surface area contributed by atoms with E-state index in [-0.39, 0.29) is 10.6 Å². The average Bonchev–Trinajstić information content (AvgIpc) is 2.82. The van der Waals surface area contributed by atoms with Crippen molar-refractivity contribution in [3.05, 3.63) is 53.1 Å². The van der Waals surface area contributed by atoms with Gasteiger partial charge in [-0.25, -0.2) is 8.42 Å². The molecule has 2 aromatic carbocycles. The highest BCUT2D eigenvalue weighted by atomic mass is 35.5. The van der Waals surface area contributed by atoms with Crippen molar-refractivity contribution in [2.75, 3.05) is 16.6 Å². The molecule has 2 N–H and O–H groups in total. The van der Waals surface area contributed by atoms with Crippen LogP contribution in [0.4, 0.5) is 11.4 Å². The number of nitrogen functional groups attached to an aromatic ring is 1. The fourth-order valence-corrected chi connectivity index (χ4v) is 4.21. The maximum Gasteiger partial charge on any atom is 0.266 e. The van der Waals surface area contributed by atoms with Gasteiger partial charge in [-0.15, -0.1) is 0 Å². The van der Waals surface area contributed by atoms with Crippen LogP contribution >= 0.6 is 11.6 Å². The Labute approximate surface area is 122 Å². The smallest absolute Gasteiger partial charge is 0.266 e. The number of anilines is 2. The zero-order chi connectivity index (χ0) is 14.3. The molecule has 0 radical (unpaired) electrons. The van der Waals surface area contributed by atoms with Crippen LogP contribution in [0.25, 0.3) is 0 Å². The van der Waals surface area contributed by atoms with Crippen LogP contribution in [0.3, 0.4) is 0 Å². The topological polar surface area (TPSA) is 63.4 Å². The summed E-state index contributed by atoms with van der Waals surface area (Å²) in [4.78, 5) is 0.0959. The van der Waals surface area contributed by atoms with Crippen molar-refractivity contribution in [1.29, 1.82) is 0 Å². The largest absolute Gasteiger partial charge is 0.398 e. The molecular formula is C14H13ClN2O2S. The van der Waals surface area contributed by atoms with Crippen LogP contribution < -0.4 is 10.0 Å². The molecule has 0 saturated heterocycles. The summed E-state index contributed by atoms with van der Waals surface area (Å²) in [5, 5.41) is 0.420. The van der Waals surface area contributed by atoms with Gasteiger partial charge in [-0.2, -0.15) is 0 Å². The van der Waals surface area contributed by atoms with E-state index in [0.29, 0.717) is 18.0 Å². The number of rotatable bonds is 2. The minimum Gasteiger partial charge on any atom is -0.398 e. The molecule has 0 bridgehead atoms. The van der Waals surface area contributed by atoms with E-state index in [1.165, 1.54) is 22.5 Å². The van der Waals surface area contributed by atoms with Crippen molar-refractivity contribution < 1.29 is 8.42 Å². The molecule has 104 valence electrons. The predicted octanol–water partition coefficient (Wildman–Crippen LogP) is 2.67. The number of hydrogen-bond donors (Lipinski definition) is 1. The van der Waals surface area contributed by atoms with Gasteiger partial charge in [0.05, 0.1) is 11.4 Å². The van der Waals surface area contributed by atoms with Crippen LogP contribution in [0.1, 0.15) is 5.56 Å². The second-order valence-electron chi connectivity index (χ2n) is 4.64. The standard InChI is InChI=1S/C14H13ClN2O2S/c15-11-5-6-14(12(16)9-11)20(18,19)17-8-7-10-3-1-2-4-13(10)17/h1-6,9H,7-8,16H2. The number of halogens is 1. The summed E-state index contributed by atoms with van der Waals surface area (Å²) in [6.45, 7) is 0.434. The first-order valence-electron chi connectivity index (χ1n) is 6.16. The van der Waals surface area contributed by atoms with E-state index >= 15 is 0 Å². The SMILES string of the molecule is Nc1cc(Cl)ccc1S(=O)(=O)N1CCc2ccccc21. The average molecular weight is 309 g/mol. The third kappa shape index (κ3) is 2.03. The number of para-hydroxylation sites is 1. The van der Waals surface area contributed by atoms with Crippen LogP contribution in [-0.4, -0.2) is 15.0 Å². The normalized spacial score (nSPS) is 14.3. The fraction of sp³-hybridized carbons (Fsp3) is 0.143. The molecule has 0 unspecified atom stereocenters. The van der Waals surface area contributed by atoms with Crippen molar-refractivity contribution in [3.8, 4) is 0 Å². The molecule has 1 aliphatic heterocycles. The van der Waals surface area contributed by atoms with Gasteiger partial charge in [-0.1, -0.05) is 29.8 Å². The number of benzene rings is 2. The van der Waals surface area contributed by atoms with Crippen molar-refractivity contribution in [3.63, 3.8) is 0 Å². The predicted molar refractivity (Wildman–Crippen MR) is 80.5 cm³/mol. The third-order valence-corrected chi connectivity index (χ3v) is 5.51. The van der Waals surface area contributed by atoms with Crippen molar-refractivity contribution in [2.45, 2.75) is 11.3 Å². The van der Waals surface area contributed by atoms with Crippen LogP contribution in [0.2, 0.25) is 5.02 Å². The Hall–Kier alpha value is -1.72. The van der Waals surface area contributed by atoms with E-state index in [2.05, 4.69) is 0 Å². The molecule has 2 aromatic rings. The lowest BCUT2D eigenvalue weighted by molar-refractivity contribution is 0.592. The van der Waals surface area contributed by atoms with Crippen molar-refractivity contribution in [1.82, 2.24) is 0 Å². The lowest BCUT2D eigenvalue weighted by Gasteiger charge is -2.20. The van der Waals surface area contributed by atoms with Crippen LogP contribution in [0.5, 0.6) is 0 Å². The summed E-state index contributed by atoms with van der Waals surface area (Å²) < 4.78 is 26.9. The van der Waals surface area contributed by atoms with Gasteiger partial charge in [0.2, 0.25) is 0 Å². The van der Waals surface area contributed by atoms with Gasteiger partial charge in [-0.3, -0.25) is 4.31 Å². The van der Waals surface area contributed by atoms with Crippen molar-refractivity contribution >= 4 is 33.0 Å². The Balaban J connectivity index is 2.10. The van der Waals surface area contributed by atoms with Crippen LogP contribution in [-0.2, 0) is 16.4 Å². The van der Waals surface area contributed by atoms with Gasteiger partial charge < -0.3 is 5.73 Å². The minimum absolute atomic E-state index is 0.0959. The lowest BCUT2D eigenvalue weighted by Crippen LogP contribution is -2.29. The summed E-state index contributed by atoms with van der Waals surface area (Å²) in [5.74, 6) is 0. The molecule has 0 aliphatic carbocycles. The molecule has 4 nitrogen and oxygen atoms in total. The van der Waals surface area contributed by atoms with Gasteiger partial charge in [0.25, 0.3) is 10.0 Å². The Bertz CT molecular complexity index is 774. The maximum absolute atomic E-state index is 12.7. The van der Waals surface area contributed by atoms with E-state index in [1.807, 2.05) is 24.3 Å². The molecule has 1 heterocycles. The Morgan fingerprint density at radius 1 is 1.15 bits per heavy atom. The number of nitrogens with two attached hydrogens (primary N) is 1. The van der Waals surface area contributed by atoms with E-state index in [0.717, 1.165) is 11.3 Å².